The Labute approximate surface area is 202 Å². The summed E-state index contributed by atoms with van der Waals surface area (Å²) < 4.78 is 59.3. The summed E-state index contributed by atoms with van der Waals surface area (Å²) in [6.45, 7) is 1.34. The van der Waals surface area contributed by atoms with Crippen LogP contribution in [0.4, 0.5) is 29.5 Å². The number of furan rings is 1. The monoisotopic (exact) mass is 512 g/mol. The van der Waals surface area contributed by atoms with E-state index in [1.165, 1.54) is 16.8 Å². The molecule has 1 saturated heterocycles. The van der Waals surface area contributed by atoms with Crippen LogP contribution in [-0.2, 0) is 12.7 Å². The van der Waals surface area contributed by atoms with Gasteiger partial charge in [0.15, 0.2) is 5.76 Å². The Balaban J connectivity index is 0.00000289. The molecule has 0 aliphatic carbocycles. The average molecular weight is 513 g/mol. The van der Waals surface area contributed by atoms with Gasteiger partial charge in [0.25, 0.3) is 5.78 Å². The smallest absolute Gasteiger partial charge is 0.416 e. The molecular formula is C21H21ClF4N8O. The molecule has 5 rings (SSSR count). The van der Waals surface area contributed by atoms with Crippen molar-refractivity contribution in [1.82, 2.24) is 29.5 Å². The molecule has 9 nitrogen and oxygen atoms in total. The summed E-state index contributed by atoms with van der Waals surface area (Å²) in [5, 5.41) is 7.37. The molecule has 186 valence electrons. The zero-order valence-electron chi connectivity index (χ0n) is 18.2. The number of rotatable bonds is 6. The first kappa shape index (κ1) is 24.7. The van der Waals surface area contributed by atoms with Gasteiger partial charge >= 0.3 is 6.18 Å². The van der Waals surface area contributed by atoms with Crippen molar-refractivity contribution in [3.63, 3.8) is 0 Å². The van der Waals surface area contributed by atoms with E-state index in [-0.39, 0.29) is 48.2 Å². The molecule has 1 aliphatic rings. The molecule has 1 fully saturated rings. The number of alkyl halides is 3. The number of hydrogen-bond acceptors (Lipinski definition) is 8. The van der Waals surface area contributed by atoms with E-state index < -0.39 is 17.6 Å². The highest BCUT2D eigenvalue weighted by molar-refractivity contribution is 5.85. The van der Waals surface area contributed by atoms with Gasteiger partial charge in [-0.2, -0.15) is 32.6 Å². The maximum absolute atomic E-state index is 14.3. The van der Waals surface area contributed by atoms with Crippen LogP contribution in [0, 0.1) is 5.82 Å². The molecule has 1 atom stereocenters. The number of fused-ring (bicyclic) bond motifs is 1. The Morgan fingerprint density at radius 2 is 2.00 bits per heavy atom. The number of nitrogen functional groups attached to an aromatic ring is 1. The fourth-order valence-corrected chi connectivity index (χ4v) is 4.01. The van der Waals surface area contributed by atoms with Gasteiger partial charge in [-0.15, -0.1) is 17.5 Å². The van der Waals surface area contributed by atoms with E-state index >= 15 is 0 Å². The van der Waals surface area contributed by atoms with Crippen molar-refractivity contribution in [2.45, 2.75) is 31.6 Å². The predicted octanol–water partition coefficient (Wildman–Crippen LogP) is 4.02. The molecule has 0 unspecified atom stereocenters. The minimum Gasteiger partial charge on any atom is -0.461 e. The van der Waals surface area contributed by atoms with Crippen LogP contribution in [0.25, 0.3) is 17.4 Å². The molecule has 0 spiro atoms. The largest absolute Gasteiger partial charge is 0.461 e. The van der Waals surface area contributed by atoms with Crippen LogP contribution in [0.15, 0.2) is 41.0 Å². The van der Waals surface area contributed by atoms with Gasteiger partial charge in [0.1, 0.15) is 5.82 Å². The van der Waals surface area contributed by atoms with Gasteiger partial charge in [-0.3, -0.25) is 4.90 Å². The molecule has 35 heavy (non-hydrogen) atoms. The first-order valence-electron chi connectivity index (χ1n) is 10.6. The normalized spacial score (nSPS) is 16.5. The molecule has 4 heterocycles. The van der Waals surface area contributed by atoms with Crippen LogP contribution in [0.5, 0.6) is 0 Å². The van der Waals surface area contributed by atoms with Gasteiger partial charge in [-0.25, -0.2) is 4.39 Å². The van der Waals surface area contributed by atoms with Crippen LogP contribution < -0.4 is 11.1 Å². The lowest BCUT2D eigenvalue weighted by atomic mass is 10.1. The van der Waals surface area contributed by atoms with Crippen molar-refractivity contribution in [3.8, 4) is 11.6 Å². The Morgan fingerprint density at radius 3 is 2.71 bits per heavy atom. The number of hydrogen-bond donors (Lipinski definition) is 2. The van der Waals surface area contributed by atoms with E-state index in [1.54, 1.807) is 12.1 Å². The Kier molecular flexibility index (Phi) is 6.81. The highest BCUT2D eigenvalue weighted by Gasteiger charge is 2.32. The van der Waals surface area contributed by atoms with Gasteiger partial charge in [0.05, 0.1) is 11.8 Å². The first-order valence-corrected chi connectivity index (χ1v) is 10.6. The number of benzene rings is 1. The quantitative estimate of drug-likeness (QED) is 0.373. The second-order valence-corrected chi connectivity index (χ2v) is 7.98. The number of likely N-dealkylation sites (tertiary alicyclic amines) is 1. The van der Waals surface area contributed by atoms with Gasteiger partial charge in [0.2, 0.25) is 17.7 Å². The van der Waals surface area contributed by atoms with Crippen molar-refractivity contribution in [2.24, 2.45) is 0 Å². The molecule has 0 bridgehead atoms. The topological polar surface area (TPSA) is 110 Å². The van der Waals surface area contributed by atoms with E-state index in [4.69, 9.17) is 10.2 Å². The van der Waals surface area contributed by atoms with Crippen molar-refractivity contribution in [2.75, 3.05) is 24.1 Å². The highest BCUT2D eigenvalue weighted by atomic mass is 35.5. The maximum Gasteiger partial charge on any atom is 0.416 e. The van der Waals surface area contributed by atoms with E-state index in [2.05, 4.69) is 25.4 Å². The van der Waals surface area contributed by atoms with Crippen molar-refractivity contribution in [1.29, 1.82) is 0 Å². The molecule has 14 heteroatoms. The molecule has 0 radical (unpaired) electrons. The summed E-state index contributed by atoms with van der Waals surface area (Å²) >= 11 is 0. The first-order chi connectivity index (χ1) is 16.3. The lowest BCUT2D eigenvalue weighted by molar-refractivity contribution is -0.137. The SMILES string of the molecule is Cl.Nc1nc(NC[C@H]2CCCN2Cc2ccc(C(F)(F)F)cc2F)nc2nc(-c3ccco3)nn12. The zero-order valence-corrected chi connectivity index (χ0v) is 19.0. The number of nitrogens with two attached hydrogens (primary N) is 1. The van der Waals surface area contributed by atoms with Crippen LogP contribution >= 0.6 is 12.4 Å². The highest BCUT2D eigenvalue weighted by Crippen LogP contribution is 2.31. The molecular weight excluding hydrogens is 492 g/mol. The molecule has 1 aliphatic heterocycles. The minimum atomic E-state index is -4.58. The van der Waals surface area contributed by atoms with Gasteiger partial charge < -0.3 is 15.5 Å². The van der Waals surface area contributed by atoms with Crippen LogP contribution in [0.2, 0.25) is 0 Å². The number of nitrogens with zero attached hydrogens (tertiary/aromatic N) is 6. The van der Waals surface area contributed by atoms with E-state index in [1.807, 2.05) is 4.90 Å². The third-order valence-corrected chi connectivity index (χ3v) is 5.72. The molecule has 0 saturated carbocycles. The number of anilines is 2. The third-order valence-electron chi connectivity index (χ3n) is 5.72. The lowest BCUT2D eigenvalue weighted by Crippen LogP contribution is -2.35. The van der Waals surface area contributed by atoms with E-state index in [0.717, 1.165) is 18.9 Å². The fourth-order valence-electron chi connectivity index (χ4n) is 4.01. The summed E-state index contributed by atoms with van der Waals surface area (Å²) in [5.74, 6) is 0.523. The lowest BCUT2D eigenvalue weighted by Gasteiger charge is -2.25. The van der Waals surface area contributed by atoms with Gasteiger partial charge in [0, 0.05) is 24.7 Å². The van der Waals surface area contributed by atoms with E-state index in [9.17, 15) is 17.6 Å². The molecule has 3 aromatic heterocycles. The van der Waals surface area contributed by atoms with Crippen LogP contribution in [0.1, 0.15) is 24.0 Å². The average Bonchev–Trinajstić information content (AvgIpc) is 3.53. The summed E-state index contributed by atoms with van der Waals surface area (Å²) in [6, 6.07) is 6.09. The Hall–Kier alpha value is -3.45. The summed E-state index contributed by atoms with van der Waals surface area (Å²) in [7, 11) is 0. The maximum atomic E-state index is 14.3. The molecule has 1 aromatic carbocycles. The Morgan fingerprint density at radius 1 is 1.17 bits per heavy atom. The van der Waals surface area contributed by atoms with Gasteiger partial charge in [-0.05, 0) is 43.7 Å². The van der Waals surface area contributed by atoms with Crippen molar-refractivity contribution in [3.05, 3.63) is 53.5 Å². The Bertz CT molecular complexity index is 1310. The number of aromatic nitrogens is 5. The summed E-state index contributed by atoms with van der Waals surface area (Å²) in [5.41, 5.74) is 5.22. The van der Waals surface area contributed by atoms with Crippen molar-refractivity contribution < 1.29 is 22.0 Å². The molecule has 3 N–H and O–H groups in total. The summed E-state index contributed by atoms with van der Waals surface area (Å²) in [4.78, 5) is 14.9. The molecule has 4 aromatic rings. The van der Waals surface area contributed by atoms with E-state index in [0.29, 0.717) is 30.7 Å². The second kappa shape index (κ2) is 9.66. The second-order valence-electron chi connectivity index (χ2n) is 7.98. The van der Waals surface area contributed by atoms with Crippen LogP contribution in [-0.4, -0.2) is 48.6 Å². The van der Waals surface area contributed by atoms with Gasteiger partial charge in [-0.1, -0.05) is 6.07 Å². The molecule has 0 amide bonds. The summed E-state index contributed by atoms with van der Waals surface area (Å²) in [6.07, 6.45) is -1.35. The number of nitrogens with one attached hydrogen (secondary N) is 1. The fraction of sp³-hybridized carbons (Fsp3) is 0.333. The predicted molar refractivity (Wildman–Crippen MR) is 121 cm³/mol. The minimum absolute atomic E-state index is 0. The number of halogens is 5. The van der Waals surface area contributed by atoms with Crippen molar-refractivity contribution >= 4 is 30.1 Å². The van der Waals surface area contributed by atoms with Crippen LogP contribution in [0.3, 0.4) is 0 Å². The standard InChI is InChI=1S/C21H20F4N8O.ClH/c22-15-9-13(21(23,24)25)6-5-12(15)11-32-7-1-3-14(32)10-27-19-29-18(26)33-20(30-19)28-17(31-33)16-4-2-8-34-16;/h2,4-6,8-9,14H,1,3,7,10-11H2,(H3,26,27,28,29,30,31);1H/t14-;/m1./s1. The zero-order chi connectivity index (χ0) is 23.9. The third kappa shape index (κ3) is 5.15.